The second kappa shape index (κ2) is 7.96. The molecule has 0 aliphatic heterocycles. The quantitative estimate of drug-likeness (QED) is 0.700. The molecule has 0 spiro atoms. The van der Waals surface area contributed by atoms with Crippen molar-refractivity contribution in [3.63, 3.8) is 0 Å². The fraction of sp³-hybridized carbons (Fsp3) is 0.0952. The number of para-hydroxylation sites is 1. The lowest BCUT2D eigenvalue weighted by Crippen LogP contribution is -2.18. The minimum absolute atomic E-state index is 0.00151. The molecule has 1 aromatic heterocycles. The molecule has 142 valence electrons. The molecule has 0 unspecified atom stereocenters. The first-order valence-corrected chi connectivity index (χ1v) is 8.45. The highest BCUT2D eigenvalue weighted by Crippen LogP contribution is 2.20. The Labute approximate surface area is 160 Å². The molecular formula is C21H17F2N3O2. The second-order valence-corrected chi connectivity index (χ2v) is 6.25. The highest BCUT2D eigenvalue weighted by atomic mass is 19.1. The van der Waals surface area contributed by atoms with Crippen LogP contribution in [0, 0.1) is 25.5 Å². The molecule has 0 saturated carbocycles. The first kappa shape index (κ1) is 19.2. The number of nitrogens with zero attached hydrogens (tertiary/aromatic N) is 1. The number of hydrogen-bond donors (Lipinski definition) is 2. The minimum Gasteiger partial charge on any atom is -0.320 e. The number of rotatable bonds is 4. The van der Waals surface area contributed by atoms with Crippen molar-refractivity contribution in [3.05, 3.63) is 88.7 Å². The van der Waals surface area contributed by atoms with Crippen molar-refractivity contribution < 1.29 is 18.4 Å². The van der Waals surface area contributed by atoms with Gasteiger partial charge in [0.25, 0.3) is 11.8 Å². The normalized spacial score (nSPS) is 10.4. The number of nitrogens with one attached hydrogen (secondary N) is 2. The lowest BCUT2D eigenvalue weighted by Gasteiger charge is -2.10. The predicted octanol–water partition coefficient (Wildman–Crippen LogP) is 4.48. The van der Waals surface area contributed by atoms with Gasteiger partial charge in [-0.1, -0.05) is 23.8 Å². The molecule has 2 aromatic carbocycles. The Bertz CT molecular complexity index is 1050. The van der Waals surface area contributed by atoms with E-state index in [1.807, 2.05) is 26.0 Å². The predicted molar refractivity (Wildman–Crippen MR) is 102 cm³/mol. The highest BCUT2D eigenvalue weighted by molar-refractivity contribution is 6.08. The first-order chi connectivity index (χ1) is 13.3. The zero-order chi connectivity index (χ0) is 20.3. The Morgan fingerprint density at radius 1 is 0.893 bits per heavy atom. The molecule has 1 heterocycles. The van der Waals surface area contributed by atoms with Crippen LogP contribution in [0.3, 0.4) is 0 Å². The molecule has 5 nitrogen and oxygen atoms in total. The van der Waals surface area contributed by atoms with Crippen molar-refractivity contribution in [3.8, 4) is 0 Å². The molecule has 0 saturated heterocycles. The van der Waals surface area contributed by atoms with Crippen molar-refractivity contribution in [2.75, 3.05) is 10.6 Å². The molecule has 28 heavy (non-hydrogen) atoms. The SMILES string of the molecule is Cc1ccc(NC(=O)c2cc(C(=O)Nc3c(F)cccc3F)ccn2)c(C)c1. The van der Waals surface area contributed by atoms with Gasteiger partial charge in [-0.05, 0) is 49.7 Å². The summed E-state index contributed by atoms with van der Waals surface area (Å²) in [6.45, 7) is 3.81. The van der Waals surface area contributed by atoms with Gasteiger partial charge in [-0.2, -0.15) is 0 Å². The average molecular weight is 381 g/mol. The number of carbonyl (C=O) groups excluding carboxylic acids is 2. The van der Waals surface area contributed by atoms with E-state index >= 15 is 0 Å². The summed E-state index contributed by atoms with van der Waals surface area (Å²) in [6, 6.07) is 11.4. The number of aromatic nitrogens is 1. The number of pyridine rings is 1. The fourth-order valence-corrected chi connectivity index (χ4v) is 2.64. The van der Waals surface area contributed by atoms with Gasteiger partial charge in [0.15, 0.2) is 0 Å². The monoisotopic (exact) mass is 381 g/mol. The smallest absolute Gasteiger partial charge is 0.274 e. The van der Waals surface area contributed by atoms with Crippen LogP contribution in [0.4, 0.5) is 20.2 Å². The number of amides is 2. The number of anilines is 2. The lowest BCUT2D eigenvalue weighted by molar-refractivity contribution is 0.102. The molecule has 0 fully saturated rings. The Morgan fingerprint density at radius 3 is 2.29 bits per heavy atom. The summed E-state index contributed by atoms with van der Waals surface area (Å²) in [6.07, 6.45) is 1.28. The molecule has 7 heteroatoms. The maximum Gasteiger partial charge on any atom is 0.274 e. The average Bonchev–Trinajstić information content (AvgIpc) is 2.67. The van der Waals surface area contributed by atoms with Crippen molar-refractivity contribution in [2.45, 2.75) is 13.8 Å². The Hall–Kier alpha value is -3.61. The zero-order valence-corrected chi connectivity index (χ0v) is 15.2. The topological polar surface area (TPSA) is 71.1 Å². The van der Waals surface area contributed by atoms with E-state index in [0.29, 0.717) is 5.69 Å². The van der Waals surface area contributed by atoms with Crippen molar-refractivity contribution in [2.24, 2.45) is 0 Å². The summed E-state index contributed by atoms with van der Waals surface area (Å²) < 4.78 is 27.4. The summed E-state index contributed by atoms with van der Waals surface area (Å²) >= 11 is 0. The van der Waals surface area contributed by atoms with Crippen LogP contribution in [0.25, 0.3) is 0 Å². The van der Waals surface area contributed by atoms with E-state index in [1.54, 1.807) is 6.07 Å². The van der Waals surface area contributed by atoms with Gasteiger partial charge in [0.1, 0.15) is 23.0 Å². The largest absolute Gasteiger partial charge is 0.320 e. The fourth-order valence-electron chi connectivity index (χ4n) is 2.64. The van der Waals surface area contributed by atoms with Gasteiger partial charge in [0.2, 0.25) is 0 Å². The van der Waals surface area contributed by atoms with E-state index in [1.165, 1.54) is 24.4 Å². The van der Waals surface area contributed by atoms with Crippen molar-refractivity contribution >= 4 is 23.2 Å². The third kappa shape index (κ3) is 4.20. The number of carbonyl (C=O) groups is 2. The van der Waals surface area contributed by atoms with E-state index in [0.717, 1.165) is 23.3 Å². The summed E-state index contributed by atoms with van der Waals surface area (Å²) in [5, 5.41) is 4.91. The van der Waals surface area contributed by atoms with E-state index in [4.69, 9.17) is 0 Å². The summed E-state index contributed by atoms with van der Waals surface area (Å²) in [5.74, 6) is -3.05. The van der Waals surface area contributed by atoms with Crippen molar-refractivity contribution in [1.82, 2.24) is 4.98 Å². The van der Waals surface area contributed by atoms with Crippen LogP contribution in [0.1, 0.15) is 32.0 Å². The molecule has 0 atom stereocenters. The van der Waals surface area contributed by atoms with Gasteiger partial charge in [0, 0.05) is 17.4 Å². The Balaban J connectivity index is 1.79. The van der Waals surface area contributed by atoms with E-state index < -0.39 is 29.1 Å². The number of halogens is 2. The van der Waals surface area contributed by atoms with Crippen LogP contribution in [0.15, 0.2) is 54.7 Å². The molecule has 0 bridgehead atoms. The summed E-state index contributed by atoms with van der Waals surface area (Å²) in [4.78, 5) is 28.8. The van der Waals surface area contributed by atoms with Crippen LogP contribution < -0.4 is 10.6 Å². The third-order valence-corrected chi connectivity index (χ3v) is 4.09. The lowest BCUT2D eigenvalue weighted by atomic mass is 10.1. The number of aryl methyl sites for hydroxylation is 2. The highest BCUT2D eigenvalue weighted by Gasteiger charge is 2.16. The second-order valence-electron chi connectivity index (χ2n) is 6.25. The van der Waals surface area contributed by atoms with Crippen LogP contribution >= 0.6 is 0 Å². The zero-order valence-electron chi connectivity index (χ0n) is 15.2. The molecule has 2 amide bonds. The van der Waals surface area contributed by atoms with Gasteiger partial charge in [-0.15, -0.1) is 0 Å². The number of benzene rings is 2. The van der Waals surface area contributed by atoms with Gasteiger partial charge in [-0.3, -0.25) is 14.6 Å². The number of hydrogen-bond acceptors (Lipinski definition) is 3. The maximum atomic E-state index is 13.7. The molecule has 3 aromatic rings. The van der Waals surface area contributed by atoms with E-state index in [-0.39, 0.29) is 11.3 Å². The molecule has 2 N–H and O–H groups in total. The van der Waals surface area contributed by atoms with Gasteiger partial charge in [-0.25, -0.2) is 8.78 Å². The molecule has 3 rings (SSSR count). The van der Waals surface area contributed by atoms with Crippen LogP contribution in [-0.4, -0.2) is 16.8 Å². The molecular weight excluding hydrogens is 364 g/mol. The Morgan fingerprint density at radius 2 is 1.61 bits per heavy atom. The maximum absolute atomic E-state index is 13.7. The molecule has 0 radical (unpaired) electrons. The van der Waals surface area contributed by atoms with Crippen LogP contribution in [-0.2, 0) is 0 Å². The molecule has 0 aliphatic carbocycles. The molecule has 0 aliphatic rings. The van der Waals surface area contributed by atoms with E-state index in [9.17, 15) is 18.4 Å². The summed E-state index contributed by atoms with van der Waals surface area (Å²) in [7, 11) is 0. The Kier molecular flexibility index (Phi) is 5.44. The first-order valence-electron chi connectivity index (χ1n) is 8.45. The standard InChI is InChI=1S/C21H17F2N3O2/c1-12-6-7-17(13(2)10-12)25-21(28)18-11-14(8-9-24-18)20(27)26-19-15(22)4-3-5-16(19)23/h3-11H,1-2H3,(H,25,28)(H,26,27). The van der Waals surface area contributed by atoms with Gasteiger partial charge >= 0.3 is 0 Å². The summed E-state index contributed by atoms with van der Waals surface area (Å²) in [5.41, 5.74) is 2.07. The minimum atomic E-state index is -0.893. The van der Waals surface area contributed by atoms with Crippen molar-refractivity contribution in [1.29, 1.82) is 0 Å². The van der Waals surface area contributed by atoms with E-state index in [2.05, 4.69) is 15.6 Å². The third-order valence-electron chi connectivity index (χ3n) is 4.09. The van der Waals surface area contributed by atoms with Crippen LogP contribution in [0.2, 0.25) is 0 Å². The van der Waals surface area contributed by atoms with Gasteiger partial charge in [0.05, 0.1) is 0 Å². The van der Waals surface area contributed by atoms with Crippen LogP contribution in [0.5, 0.6) is 0 Å². The van der Waals surface area contributed by atoms with Gasteiger partial charge < -0.3 is 10.6 Å².